The zero-order valence-electron chi connectivity index (χ0n) is 11.8. The minimum absolute atomic E-state index is 0.0351. The van der Waals surface area contributed by atoms with Crippen molar-refractivity contribution in [1.29, 1.82) is 0 Å². The number of fused-ring (bicyclic) bond motifs is 1. The molecule has 9 heteroatoms. The van der Waals surface area contributed by atoms with Gasteiger partial charge >= 0.3 is 0 Å². The molecule has 0 aliphatic rings. The fraction of sp³-hybridized carbons (Fsp3) is 0.333. The van der Waals surface area contributed by atoms with Crippen molar-refractivity contribution in [2.24, 2.45) is 0 Å². The van der Waals surface area contributed by atoms with E-state index in [1.807, 2.05) is 13.8 Å². The molecule has 0 aromatic carbocycles. The maximum atomic E-state index is 11.7. The maximum absolute atomic E-state index is 11.7. The van der Waals surface area contributed by atoms with Crippen LogP contribution in [0.4, 0.5) is 11.8 Å². The predicted molar refractivity (Wildman–Crippen MR) is 78.9 cm³/mol. The van der Waals surface area contributed by atoms with Crippen molar-refractivity contribution in [2.45, 2.75) is 24.9 Å². The van der Waals surface area contributed by atoms with Crippen LogP contribution in [0.15, 0.2) is 17.3 Å². The van der Waals surface area contributed by atoms with E-state index in [9.17, 15) is 13.2 Å². The van der Waals surface area contributed by atoms with Crippen LogP contribution < -0.4 is 10.6 Å². The largest absolute Gasteiger partial charge is 0.366 e. The Bertz CT molecular complexity index is 789. The first-order chi connectivity index (χ1) is 9.81. The topological polar surface area (TPSA) is 114 Å². The van der Waals surface area contributed by atoms with Gasteiger partial charge in [-0.1, -0.05) is 0 Å². The molecule has 1 amide bonds. The summed E-state index contributed by atoms with van der Waals surface area (Å²) in [6.07, 6.45) is 2.99. The average molecular weight is 309 g/mol. The number of aromatic nitrogens is 3. The summed E-state index contributed by atoms with van der Waals surface area (Å²) in [4.78, 5) is 22.7. The molecular weight excluding hydrogens is 294 g/mol. The summed E-state index contributed by atoms with van der Waals surface area (Å²) in [5.74, 6) is 0.456. The van der Waals surface area contributed by atoms with Gasteiger partial charge in [-0.3, -0.25) is 10.1 Å². The lowest BCUT2D eigenvalue weighted by atomic mass is 10.3. The van der Waals surface area contributed by atoms with Crippen molar-refractivity contribution in [2.75, 3.05) is 16.9 Å². The van der Waals surface area contributed by atoms with Crippen molar-refractivity contribution in [3.63, 3.8) is 0 Å². The van der Waals surface area contributed by atoms with Crippen molar-refractivity contribution >= 4 is 38.9 Å². The molecule has 2 N–H and O–H groups in total. The Balaban J connectivity index is 2.71. The van der Waals surface area contributed by atoms with E-state index in [4.69, 9.17) is 0 Å². The van der Waals surface area contributed by atoms with Gasteiger partial charge in [-0.05, 0) is 19.9 Å². The van der Waals surface area contributed by atoms with Crippen LogP contribution in [0, 0.1) is 0 Å². The fourth-order valence-corrected chi connectivity index (χ4v) is 2.30. The van der Waals surface area contributed by atoms with E-state index < -0.39 is 9.84 Å². The summed E-state index contributed by atoms with van der Waals surface area (Å²) in [5.41, 5.74) is 0.440. The molecule has 0 radical (unpaired) electrons. The van der Waals surface area contributed by atoms with E-state index >= 15 is 0 Å². The van der Waals surface area contributed by atoms with Crippen LogP contribution in [0.3, 0.4) is 0 Å². The van der Waals surface area contributed by atoms with Gasteiger partial charge in [0.05, 0.1) is 0 Å². The van der Waals surface area contributed by atoms with Gasteiger partial charge in [-0.2, -0.15) is 0 Å². The van der Waals surface area contributed by atoms with Gasteiger partial charge in [0.1, 0.15) is 5.52 Å². The second-order valence-electron chi connectivity index (χ2n) is 4.77. The first kappa shape index (κ1) is 15.1. The molecular formula is C12H15N5O3S. The molecule has 2 heterocycles. The van der Waals surface area contributed by atoms with E-state index in [1.165, 1.54) is 12.3 Å². The van der Waals surface area contributed by atoms with Crippen molar-refractivity contribution in [3.05, 3.63) is 12.3 Å². The minimum atomic E-state index is -3.45. The van der Waals surface area contributed by atoms with Gasteiger partial charge in [-0.25, -0.2) is 23.4 Å². The Morgan fingerprint density at radius 1 is 1.29 bits per heavy atom. The SMILES string of the molecule is CC(C)Nc1nc(S(C)(=O)=O)cc2cnc(NC=O)nc12. The number of nitrogens with one attached hydrogen (secondary N) is 2. The smallest absolute Gasteiger partial charge is 0.229 e. The lowest BCUT2D eigenvalue weighted by molar-refractivity contribution is -0.105. The number of sulfone groups is 1. The van der Waals surface area contributed by atoms with E-state index in [1.54, 1.807) is 0 Å². The summed E-state index contributed by atoms with van der Waals surface area (Å²) < 4.78 is 23.4. The van der Waals surface area contributed by atoms with Crippen LogP contribution in [-0.4, -0.2) is 42.1 Å². The first-order valence-corrected chi connectivity index (χ1v) is 8.05. The highest BCUT2D eigenvalue weighted by Gasteiger charge is 2.16. The van der Waals surface area contributed by atoms with Crippen LogP contribution in [-0.2, 0) is 14.6 Å². The molecule has 2 aromatic heterocycles. The number of pyridine rings is 1. The molecule has 0 aliphatic heterocycles. The molecule has 2 aromatic rings. The standard InChI is InChI=1S/C12H15N5O3S/c1-7(2)15-11-10-8(4-9(16-11)21(3,19)20)5-13-12(17-10)14-6-18/h4-7H,1-3H3,(H,15,16)(H,13,14,17,18). The van der Waals surface area contributed by atoms with Crippen molar-refractivity contribution < 1.29 is 13.2 Å². The third kappa shape index (κ3) is 3.43. The molecule has 0 aliphatic carbocycles. The fourth-order valence-electron chi connectivity index (χ4n) is 1.70. The molecule has 0 saturated heterocycles. The summed E-state index contributed by atoms with van der Waals surface area (Å²) in [6, 6.07) is 1.44. The second kappa shape index (κ2) is 5.60. The lowest BCUT2D eigenvalue weighted by Crippen LogP contribution is -2.14. The number of carbonyl (C=O) groups excluding carboxylic acids is 1. The number of hydrogen-bond acceptors (Lipinski definition) is 7. The molecule has 0 atom stereocenters. The van der Waals surface area contributed by atoms with E-state index in [2.05, 4.69) is 25.6 Å². The average Bonchev–Trinajstić information content (AvgIpc) is 2.37. The minimum Gasteiger partial charge on any atom is -0.366 e. The molecule has 0 bridgehead atoms. The molecule has 0 unspecified atom stereocenters. The lowest BCUT2D eigenvalue weighted by Gasteiger charge is -2.13. The van der Waals surface area contributed by atoms with Gasteiger partial charge in [0, 0.05) is 23.9 Å². The molecule has 0 spiro atoms. The Hall–Kier alpha value is -2.29. The molecule has 8 nitrogen and oxygen atoms in total. The third-order valence-electron chi connectivity index (χ3n) is 2.54. The quantitative estimate of drug-likeness (QED) is 0.786. The molecule has 0 saturated carbocycles. The zero-order chi connectivity index (χ0) is 15.6. The molecule has 21 heavy (non-hydrogen) atoms. The van der Waals surface area contributed by atoms with E-state index in [-0.39, 0.29) is 17.0 Å². The Kier molecular flexibility index (Phi) is 4.03. The monoisotopic (exact) mass is 309 g/mol. The van der Waals surface area contributed by atoms with Gasteiger partial charge in [0.2, 0.25) is 12.4 Å². The number of rotatable bonds is 5. The Morgan fingerprint density at radius 2 is 2.00 bits per heavy atom. The third-order valence-corrected chi connectivity index (χ3v) is 3.50. The highest BCUT2D eigenvalue weighted by molar-refractivity contribution is 7.90. The number of anilines is 2. The maximum Gasteiger partial charge on any atom is 0.229 e. The van der Waals surface area contributed by atoms with Crippen LogP contribution in [0.1, 0.15) is 13.8 Å². The summed E-state index contributed by atoms with van der Waals surface area (Å²) in [5, 5.41) is 5.86. The molecule has 112 valence electrons. The number of nitrogens with zero attached hydrogens (tertiary/aromatic N) is 3. The highest BCUT2D eigenvalue weighted by atomic mass is 32.2. The van der Waals surface area contributed by atoms with Crippen LogP contribution in [0.5, 0.6) is 0 Å². The number of hydrogen-bond donors (Lipinski definition) is 2. The molecule has 0 fully saturated rings. The zero-order valence-corrected chi connectivity index (χ0v) is 12.6. The summed E-state index contributed by atoms with van der Waals surface area (Å²) in [7, 11) is -3.45. The van der Waals surface area contributed by atoms with Crippen molar-refractivity contribution in [3.8, 4) is 0 Å². The van der Waals surface area contributed by atoms with Gasteiger partial charge in [0.25, 0.3) is 0 Å². The second-order valence-corrected chi connectivity index (χ2v) is 6.74. The van der Waals surface area contributed by atoms with Crippen LogP contribution in [0.2, 0.25) is 0 Å². The summed E-state index contributed by atoms with van der Waals surface area (Å²) in [6.45, 7) is 3.79. The molecule has 2 rings (SSSR count). The Morgan fingerprint density at radius 3 is 2.57 bits per heavy atom. The van der Waals surface area contributed by atoms with Crippen LogP contribution in [0.25, 0.3) is 10.9 Å². The highest BCUT2D eigenvalue weighted by Crippen LogP contribution is 2.24. The number of carbonyl (C=O) groups is 1. The normalized spacial score (nSPS) is 11.6. The van der Waals surface area contributed by atoms with Crippen LogP contribution >= 0.6 is 0 Å². The van der Waals surface area contributed by atoms with E-state index in [0.29, 0.717) is 23.1 Å². The predicted octanol–water partition coefficient (Wildman–Crippen LogP) is 0.817. The summed E-state index contributed by atoms with van der Waals surface area (Å²) >= 11 is 0. The van der Waals surface area contributed by atoms with Gasteiger partial charge in [-0.15, -0.1) is 0 Å². The first-order valence-electron chi connectivity index (χ1n) is 6.16. The number of amides is 1. The van der Waals surface area contributed by atoms with Gasteiger partial charge < -0.3 is 5.32 Å². The van der Waals surface area contributed by atoms with Gasteiger partial charge in [0.15, 0.2) is 20.7 Å². The van der Waals surface area contributed by atoms with Crippen molar-refractivity contribution in [1.82, 2.24) is 15.0 Å². The van der Waals surface area contributed by atoms with E-state index in [0.717, 1.165) is 6.26 Å². The Labute approximate surface area is 121 Å².